The lowest BCUT2D eigenvalue weighted by molar-refractivity contribution is -0.325. The molecule has 2 atom stereocenters. The van der Waals surface area contributed by atoms with Crippen LogP contribution in [0.5, 0.6) is 11.5 Å². The summed E-state index contributed by atoms with van der Waals surface area (Å²) in [6.07, 6.45) is -4.78. The topological polar surface area (TPSA) is 66.5 Å². The van der Waals surface area contributed by atoms with E-state index in [0.29, 0.717) is 24.1 Å². The number of benzene rings is 2. The monoisotopic (exact) mass is 485 g/mol. The van der Waals surface area contributed by atoms with Crippen LogP contribution in [0.3, 0.4) is 0 Å². The molecule has 0 radical (unpaired) electrons. The number of rotatable bonds is 7. The van der Waals surface area contributed by atoms with E-state index in [0.717, 1.165) is 0 Å². The van der Waals surface area contributed by atoms with Crippen LogP contribution >= 0.6 is 0 Å². The minimum absolute atomic E-state index is 0.0428. The molecule has 0 unspecified atom stereocenters. The summed E-state index contributed by atoms with van der Waals surface area (Å²) in [5, 5.41) is 0. The normalized spacial score (nSPS) is 22.4. The lowest BCUT2D eigenvalue weighted by Gasteiger charge is -2.42. The zero-order valence-electron chi connectivity index (χ0n) is 18.3. The second kappa shape index (κ2) is 9.77. The molecular formula is C23H23F4NO6. The van der Waals surface area contributed by atoms with Crippen molar-refractivity contribution in [1.82, 2.24) is 4.90 Å². The van der Waals surface area contributed by atoms with E-state index < -0.39 is 24.7 Å². The molecule has 2 aliphatic heterocycles. The molecule has 2 aliphatic rings. The summed E-state index contributed by atoms with van der Waals surface area (Å²) >= 11 is 0. The van der Waals surface area contributed by atoms with Gasteiger partial charge in [0.1, 0.15) is 30.9 Å². The molecule has 4 rings (SSSR count). The Balaban J connectivity index is 1.43. The van der Waals surface area contributed by atoms with Crippen LogP contribution in [0.1, 0.15) is 22.3 Å². The Labute approximate surface area is 193 Å². The van der Waals surface area contributed by atoms with Crippen LogP contribution in [0.25, 0.3) is 0 Å². The highest BCUT2D eigenvalue weighted by atomic mass is 19.4. The van der Waals surface area contributed by atoms with Crippen LogP contribution in [-0.2, 0) is 19.8 Å². The average Bonchev–Trinajstić information content (AvgIpc) is 3.25. The van der Waals surface area contributed by atoms with E-state index in [1.807, 2.05) is 0 Å². The smallest absolute Gasteiger partial charge is 0.493 e. The van der Waals surface area contributed by atoms with Crippen LogP contribution in [0.4, 0.5) is 17.6 Å². The van der Waals surface area contributed by atoms with Gasteiger partial charge in [0.05, 0.1) is 20.3 Å². The summed E-state index contributed by atoms with van der Waals surface area (Å²) in [7, 11) is 1.36. The number of piperidine rings is 1. The number of alkyl halides is 3. The van der Waals surface area contributed by atoms with Crippen molar-refractivity contribution in [1.29, 1.82) is 0 Å². The largest absolute Gasteiger partial charge is 0.522 e. The van der Waals surface area contributed by atoms with Gasteiger partial charge in [0.15, 0.2) is 11.5 Å². The van der Waals surface area contributed by atoms with Crippen molar-refractivity contribution in [2.24, 2.45) is 0 Å². The van der Waals surface area contributed by atoms with E-state index in [4.69, 9.17) is 18.9 Å². The van der Waals surface area contributed by atoms with Crippen LogP contribution in [0.15, 0.2) is 42.5 Å². The molecule has 0 bridgehead atoms. The Morgan fingerprint density at radius 3 is 2.74 bits per heavy atom. The van der Waals surface area contributed by atoms with Crippen molar-refractivity contribution >= 4 is 5.91 Å². The molecule has 34 heavy (non-hydrogen) atoms. The molecule has 1 amide bonds. The van der Waals surface area contributed by atoms with Crippen molar-refractivity contribution in [3.05, 3.63) is 59.4 Å². The number of amides is 1. The fourth-order valence-electron chi connectivity index (χ4n) is 4.24. The number of ether oxygens (including phenoxy) is 5. The number of methoxy groups -OCH3 is 1. The standard InChI is InChI=1S/C23H23F4NO6/c1-30-19-11-15(5-6-18(19)31-9-10-33-23(25,26)27)21(29)28-8-7-22(20(13-28)32-14-34-22)16-3-2-4-17(24)12-16/h2-6,11-12,20H,7-10,13-14H2,1H3/t20-,22-/m1/s1. The summed E-state index contributed by atoms with van der Waals surface area (Å²) in [6.45, 7) is -0.398. The third-order valence-corrected chi connectivity index (χ3v) is 5.86. The summed E-state index contributed by atoms with van der Waals surface area (Å²) in [4.78, 5) is 14.8. The van der Waals surface area contributed by atoms with Gasteiger partial charge in [0.2, 0.25) is 0 Å². The van der Waals surface area contributed by atoms with Gasteiger partial charge < -0.3 is 23.8 Å². The SMILES string of the molecule is COc1cc(C(=O)N2CC[C@]3(c4cccc(F)c4)OCO[C@@H]3C2)ccc1OCCOC(F)(F)F. The highest BCUT2D eigenvalue weighted by Crippen LogP contribution is 2.43. The molecule has 184 valence electrons. The summed E-state index contributed by atoms with van der Waals surface area (Å²) < 4.78 is 75.9. The molecule has 0 aromatic heterocycles. The number of hydrogen-bond donors (Lipinski definition) is 0. The van der Waals surface area contributed by atoms with Crippen molar-refractivity contribution in [3.63, 3.8) is 0 Å². The molecule has 2 aromatic rings. The van der Waals surface area contributed by atoms with E-state index >= 15 is 0 Å². The Morgan fingerprint density at radius 2 is 2.00 bits per heavy atom. The third kappa shape index (κ3) is 5.11. The van der Waals surface area contributed by atoms with Crippen LogP contribution in [0.2, 0.25) is 0 Å². The first kappa shape index (κ1) is 24.2. The predicted molar refractivity (Wildman–Crippen MR) is 110 cm³/mol. The maximum Gasteiger partial charge on any atom is 0.522 e. The van der Waals surface area contributed by atoms with Crippen molar-refractivity contribution in [2.75, 3.05) is 40.2 Å². The Bertz CT molecular complexity index is 1030. The van der Waals surface area contributed by atoms with Crippen LogP contribution in [0, 0.1) is 5.82 Å². The molecule has 11 heteroatoms. The van der Waals surface area contributed by atoms with Gasteiger partial charge in [0.25, 0.3) is 5.91 Å². The summed E-state index contributed by atoms with van der Waals surface area (Å²) in [5.74, 6) is -0.279. The lowest BCUT2D eigenvalue weighted by Crippen LogP contribution is -2.53. The molecule has 2 saturated heterocycles. The van der Waals surface area contributed by atoms with Gasteiger partial charge in [-0.2, -0.15) is 0 Å². The molecule has 0 aliphatic carbocycles. The maximum atomic E-state index is 13.8. The zero-order valence-corrected chi connectivity index (χ0v) is 18.3. The first-order chi connectivity index (χ1) is 16.2. The van der Waals surface area contributed by atoms with Gasteiger partial charge in [-0.25, -0.2) is 4.39 Å². The third-order valence-electron chi connectivity index (χ3n) is 5.86. The Hall–Kier alpha value is -2.89. The molecule has 2 aromatic carbocycles. The molecule has 2 heterocycles. The van der Waals surface area contributed by atoms with E-state index in [1.165, 1.54) is 37.4 Å². The maximum absolute atomic E-state index is 13.8. The van der Waals surface area contributed by atoms with Gasteiger partial charge in [0, 0.05) is 18.5 Å². The molecular weight excluding hydrogens is 462 g/mol. The number of fused-ring (bicyclic) bond motifs is 1. The van der Waals surface area contributed by atoms with Gasteiger partial charge >= 0.3 is 6.36 Å². The van der Waals surface area contributed by atoms with E-state index in [-0.39, 0.29) is 43.2 Å². The van der Waals surface area contributed by atoms with Crippen molar-refractivity contribution in [3.8, 4) is 11.5 Å². The Kier molecular flexibility index (Phi) is 6.96. The number of hydrogen-bond acceptors (Lipinski definition) is 6. The number of likely N-dealkylation sites (tertiary alicyclic amines) is 1. The molecule has 0 saturated carbocycles. The van der Waals surface area contributed by atoms with Gasteiger partial charge in [-0.15, -0.1) is 13.2 Å². The molecule has 0 N–H and O–H groups in total. The molecule has 0 spiro atoms. The number of carbonyl (C=O) groups is 1. The Morgan fingerprint density at radius 1 is 1.18 bits per heavy atom. The minimum atomic E-state index is -4.74. The first-order valence-electron chi connectivity index (χ1n) is 10.5. The van der Waals surface area contributed by atoms with Crippen molar-refractivity contribution in [2.45, 2.75) is 24.5 Å². The predicted octanol–water partition coefficient (Wildman–Crippen LogP) is 3.86. The first-order valence-corrected chi connectivity index (χ1v) is 10.5. The van der Waals surface area contributed by atoms with Gasteiger partial charge in [-0.3, -0.25) is 9.53 Å². The summed E-state index contributed by atoms with van der Waals surface area (Å²) in [5.41, 5.74) is 0.153. The quantitative estimate of drug-likeness (QED) is 0.438. The van der Waals surface area contributed by atoms with Gasteiger partial charge in [-0.05, 0) is 35.9 Å². The average molecular weight is 485 g/mol. The second-order valence-electron chi connectivity index (χ2n) is 7.83. The highest BCUT2D eigenvalue weighted by Gasteiger charge is 2.51. The van der Waals surface area contributed by atoms with E-state index in [1.54, 1.807) is 17.0 Å². The fraction of sp³-hybridized carbons (Fsp3) is 0.435. The highest BCUT2D eigenvalue weighted by molar-refractivity contribution is 5.95. The molecule has 7 nitrogen and oxygen atoms in total. The lowest BCUT2D eigenvalue weighted by atomic mass is 9.82. The van der Waals surface area contributed by atoms with E-state index in [2.05, 4.69) is 4.74 Å². The van der Waals surface area contributed by atoms with Gasteiger partial charge in [-0.1, -0.05) is 12.1 Å². The summed E-state index contributed by atoms with van der Waals surface area (Å²) in [6, 6.07) is 10.6. The molecule has 2 fully saturated rings. The van der Waals surface area contributed by atoms with Crippen LogP contribution in [-0.4, -0.2) is 63.5 Å². The van der Waals surface area contributed by atoms with Crippen molar-refractivity contribution < 1.29 is 46.0 Å². The van der Waals surface area contributed by atoms with Crippen LogP contribution < -0.4 is 9.47 Å². The number of nitrogens with zero attached hydrogens (tertiary/aromatic N) is 1. The zero-order chi connectivity index (χ0) is 24.3. The van der Waals surface area contributed by atoms with E-state index in [9.17, 15) is 22.4 Å². The minimum Gasteiger partial charge on any atom is -0.493 e. The second-order valence-corrected chi connectivity index (χ2v) is 7.83. The fourth-order valence-corrected chi connectivity index (χ4v) is 4.24. The number of halogens is 4. The number of carbonyl (C=O) groups excluding carboxylic acids is 1.